The number of ether oxygens (including phenoxy) is 1. The molecule has 0 bridgehead atoms. The second kappa shape index (κ2) is 8.94. The van der Waals surface area contributed by atoms with E-state index in [0.29, 0.717) is 13.1 Å². The highest BCUT2D eigenvalue weighted by Gasteiger charge is 2.25. The Labute approximate surface area is 170 Å². The van der Waals surface area contributed by atoms with Crippen molar-refractivity contribution in [1.29, 1.82) is 0 Å². The summed E-state index contributed by atoms with van der Waals surface area (Å²) >= 11 is 1.65. The molecule has 1 fully saturated rings. The first-order valence-electron chi connectivity index (χ1n) is 9.90. The van der Waals surface area contributed by atoms with Gasteiger partial charge in [0.2, 0.25) is 0 Å². The van der Waals surface area contributed by atoms with Gasteiger partial charge < -0.3 is 20.3 Å². The summed E-state index contributed by atoms with van der Waals surface area (Å²) in [6.07, 6.45) is 1.09. The summed E-state index contributed by atoms with van der Waals surface area (Å²) in [5.74, 6) is 0. The van der Waals surface area contributed by atoms with Crippen LogP contribution >= 0.6 is 11.3 Å². The van der Waals surface area contributed by atoms with Crippen LogP contribution in [-0.2, 0) is 17.7 Å². The van der Waals surface area contributed by atoms with Crippen LogP contribution in [0.1, 0.15) is 22.0 Å². The van der Waals surface area contributed by atoms with Crippen LogP contribution < -0.4 is 15.5 Å². The number of likely N-dealkylation sites (N-methyl/N-ethyl adjacent to an activating group) is 1. The Balaban J connectivity index is 1.42. The molecule has 0 saturated carbocycles. The van der Waals surface area contributed by atoms with Gasteiger partial charge in [-0.2, -0.15) is 0 Å². The number of nitrogens with zero attached hydrogens (tertiary/aromatic N) is 2. The summed E-state index contributed by atoms with van der Waals surface area (Å²) in [6.45, 7) is 5.50. The molecule has 2 aliphatic heterocycles. The number of nitrogens with one attached hydrogen (secondary N) is 2. The lowest BCUT2D eigenvalue weighted by molar-refractivity contribution is 0.0167. The molecule has 2 amide bonds. The van der Waals surface area contributed by atoms with Gasteiger partial charge in [-0.05, 0) is 35.1 Å². The molecule has 3 heterocycles. The molecule has 1 aromatic heterocycles. The average Bonchev–Trinajstić information content (AvgIpc) is 3.37. The van der Waals surface area contributed by atoms with E-state index in [1.54, 1.807) is 11.3 Å². The first-order chi connectivity index (χ1) is 13.7. The average molecular weight is 401 g/mol. The maximum absolute atomic E-state index is 12.3. The lowest BCUT2D eigenvalue weighted by atomic mass is 10.0. The van der Waals surface area contributed by atoms with Crippen LogP contribution in [0.5, 0.6) is 0 Å². The van der Waals surface area contributed by atoms with Gasteiger partial charge in [0, 0.05) is 43.8 Å². The van der Waals surface area contributed by atoms with Gasteiger partial charge in [0.1, 0.15) is 0 Å². The maximum Gasteiger partial charge on any atom is 0.315 e. The normalized spacial score (nSPS) is 18.0. The van der Waals surface area contributed by atoms with Crippen LogP contribution in [0.4, 0.5) is 10.5 Å². The number of hydrogen-bond acceptors (Lipinski definition) is 5. The van der Waals surface area contributed by atoms with Crippen molar-refractivity contribution in [2.45, 2.75) is 19.0 Å². The van der Waals surface area contributed by atoms with Crippen molar-refractivity contribution >= 4 is 23.1 Å². The van der Waals surface area contributed by atoms with Crippen molar-refractivity contribution in [2.75, 3.05) is 51.3 Å². The Kier molecular flexibility index (Phi) is 6.14. The molecule has 28 heavy (non-hydrogen) atoms. The van der Waals surface area contributed by atoms with Gasteiger partial charge in [-0.15, -0.1) is 11.3 Å². The number of benzene rings is 1. The van der Waals surface area contributed by atoms with Gasteiger partial charge in [-0.1, -0.05) is 18.2 Å². The van der Waals surface area contributed by atoms with E-state index in [0.717, 1.165) is 44.1 Å². The summed E-state index contributed by atoms with van der Waals surface area (Å²) in [5, 5.41) is 8.05. The van der Waals surface area contributed by atoms with Gasteiger partial charge in [0.25, 0.3) is 0 Å². The monoisotopic (exact) mass is 400 g/mol. The molecule has 0 spiro atoms. The number of carbonyl (C=O) groups is 1. The van der Waals surface area contributed by atoms with Gasteiger partial charge in [-0.25, -0.2) is 4.79 Å². The van der Waals surface area contributed by atoms with E-state index in [4.69, 9.17) is 4.74 Å². The van der Waals surface area contributed by atoms with E-state index < -0.39 is 0 Å². The smallest absolute Gasteiger partial charge is 0.315 e. The second-order valence-electron chi connectivity index (χ2n) is 7.37. The number of morpholine rings is 1. The van der Waals surface area contributed by atoms with Crippen molar-refractivity contribution in [1.82, 2.24) is 15.5 Å². The minimum Gasteiger partial charge on any atom is -0.379 e. The second-order valence-corrected chi connectivity index (χ2v) is 8.40. The number of thiophene rings is 1. The first kappa shape index (κ1) is 19.2. The number of urea groups is 1. The lowest BCUT2D eigenvalue weighted by Crippen LogP contribution is -2.45. The third-order valence-electron chi connectivity index (χ3n) is 5.56. The predicted octanol–water partition coefficient (Wildman–Crippen LogP) is 2.61. The zero-order chi connectivity index (χ0) is 19.3. The fourth-order valence-corrected chi connectivity index (χ4v) is 4.62. The molecule has 1 aromatic carbocycles. The zero-order valence-electron chi connectivity index (χ0n) is 16.3. The van der Waals surface area contributed by atoms with E-state index in [1.807, 2.05) is 17.5 Å². The fraction of sp³-hybridized carbons (Fsp3) is 0.476. The molecule has 150 valence electrons. The Morgan fingerprint density at radius 2 is 2.07 bits per heavy atom. The van der Waals surface area contributed by atoms with Crippen LogP contribution in [0.2, 0.25) is 0 Å². The fourth-order valence-electron chi connectivity index (χ4n) is 3.97. The zero-order valence-corrected chi connectivity index (χ0v) is 17.1. The third-order valence-corrected chi connectivity index (χ3v) is 6.44. The topological polar surface area (TPSA) is 56.8 Å². The van der Waals surface area contributed by atoms with Crippen molar-refractivity contribution in [3.8, 4) is 0 Å². The molecule has 2 aromatic rings. The molecule has 0 aliphatic carbocycles. The molecule has 2 N–H and O–H groups in total. The van der Waals surface area contributed by atoms with Gasteiger partial charge >= 0.3 is 6.03 Å². The van der Waals surface area contributed by atoms with Crippen LogP contribution in [0.3, 0.4) is 0 Å². The number of amides is 2. The Hall–Kier alpha value is -2.09. The highest BCUT2D eigenvalue weighted by Crippen LogP contribution is 2.31. The van der Waals surface area contributed by atoms with Crippen molar-refractivity contribution in [3.63, 3.8) is 0 Å². The number of fused-ring (bicyclic) bond motifs is 1. The molecular formula is C21H28N4O2S. The lowest BCUT2D eigenvalue weighted by Gasteiger charge is -2.35. The maximum atomic E-state index is 12.3. The van der Waals surface area contributed by atoms with E-state index in [1.165, 1.54) is 16.8 Å². The largest absolute Gasteiger partial charge is 0.379 e. The minimum absolute atomic E-state index is 0.118. The van der Waals surface area contributed by atoms with Gasteiger partial charge in [0.05, 0.1) is 25.8 Å². The molecular weight excluding hydrogens is 372 g/mol. The SMILES string of the molecule is CN1CCc2cc([C@H](CNC(=O)NCc3cccs3)N3CCOCC3)ccc21. The summed E-state index contributed by atoms with van der Waals surface area (Å²) in [5.41, 5.74) is 4.00. The van der Waals surface area contributed by atoms with Crippen LogP contribution in [0, 0.1) is 0 Å². The van der Waals surface area contributed by atoms with Crippen molar-refractivity contribution in [2.24, 2.45) is 0 Å². The quantitative estimate of drug-likeness (QED) is 0.783. The summed E-state index contributed by atoms with van der Waals surface area (Å²) in [6, 6.07) is 10.8. The van der Waals surface area contributed by atoms with Crippen LogP contribution in [0.25, 0.3) is 0 Å². The highest BCUT2D eigenvalue weighted by molar-refractivity contribution is 7.09. The summed E-state index contributed by atoms with van der Waals surface area (Å²) < 4.78 is 5.53. The van der Waals surface area contributed by atoms with E-state index in [9.17, 15) is 4.79 Å². The first-order valence-corrected chi connectivity index (χ1v) is 10.8. The van der Waals surface area contributed by atoms with Gasteiger partial charge in [0.15, 0.2) is 0 Å². The number of rotatable bonds is 6. The Bertz CT molecular complexity index is 790. The van der Waals surface area contributed by atoms with E-state index in [2.05, 4.69) is 45.7 Å². The molecule has 7 heteroatoms. The van der Waals surface area contributed by atoms with Crippen molar-refractivity contribution < 1.29 is 9.53 Å². The molecule has 1 saturated heterocycles. The molecule has 2 aliphatic rings. The minimum atomic E-state index is -0.118. The van der Waals surface area contributed by atoms with Gasteiger partial charge in [-0.3, -0.25) is 4.90 Å². The molecule has 0 unspecified atom stereocenters. The number of hydrogen-bond donors (Lipinski definition) is 2. The summed E-state index contributed by atoms with van der Waals surface area (Å²) in [7, 11) is 2.14. The summed E-state index contributed by atoms with van der Waals surface area (Å²) in [4.78, 5) is 18.2. The van der Waals surface area contributed by atoms with Crippen molar-refractivity contribution in [3.05, 3.63) is 51.7 Å². The van der Waals surface area contributed by atoms with Crippen LogP contribution in [-0.4, -0.2) is 57.4 Å². The Morgan fingerprint density at radius 3 is 2.86 bits per heavy atom. The molecule has 6 nitrogen and oxygen atoms in total. The molecule has 4 rings (SSSR count). The highest BCUT2D eigenvalue weighted by atomic mass is 32.1. The van der Waals surface area contributed by atoms with Crippen LogP contribution in [0.15, 0.2) is 35.7 Å². The predicted molar refractivity (Wildman–Crippen MR) is 113 cm³/mol. The standard InChI is InChI=1S/C21H28N4O2S/c1-24-7-6-17-13-16(4-5-19(17)24)20(25-8-10-27-11-9-25)15-23-21(26)22-14-18-3-2-12-28-18/h2-5,12-13,20H,6-11,14-15H2,1H3,(H2,22,23,26)/t20-/m0/s1. The molecule has 0 radical (unpaired) electrons. The Morgan fingerprint density at radius 1 is 1.21 bits per heavy atom. The number of carbonyl (C=O) groups excluding carboxylic acids is 1. The third kappa shape index (κ3) is 4.48. The van der Waals surface area contributed by atoms with E-state index >= 15 is 0 Å². The number of anilines is 1. The van der Waals surface area contributed by atoms with E-state index in [-0.39, 0.29) is 12.1 Å². The molecule has 1 atom stereocenters.